The Hall–Kier alpha value is -2.99. The maximum atomic E-state index is 12.5. The standard InChI is InChI=1S/C22H22N2O3S/c1-16(28-21-11-9-19(26-2)10-12-21)22(25)24-17-7-5-8-20(14-17)27-15-18-6-3-4-13-23-18/h3-14,16H,15H2,1-2H3,(H,24,25). The Morgan fingerprint density at radius 3 is 2.61 bits per heavy atom. The van der Waals surface area contributed by atoms with Crippen LogP contribution in [0.4, 0.5) is 5.69 Å². The number of aromatic nitrogens is 1. The summed E-state index contributed by atoms with van der Waals surface area (Å²) in [5, 5.41) is 2.70. The average Bonchev–Trinajstić information content (AvgIpc) is 2.74. The van der Waals surface area contributed by atoms with Crippen LogP contribution >= 0.6 is 11.8 Å². The second kappa shape index (κ2) is 9.80. The number of carbonyl (C=O) groups excluding carboxylic acids is 1. The molecular formula is C22H22N2O3S. The average molecular weight is 394 g/mol. The summed E-state index contributed by atoms with van der Waals surface area (Å²) in [7, 11) is 1.63. The molecule has 0 radical (unpaired) electrons. The molecule has 0 saturated carbocycles. The van der Waals surface area contributed by atoms with E-state index in [1.807, 2.05) is 73.7 Å². The minimum Gasteiger partial charge on any atom is -0.497 e. The van der Waals surface area contributed by atoms with Crippen molar-refractivity contribution in [2.75, 3.05) is 12.4 Å². The van der Waals surface area contributed by atoms with E-state index in [2.05, 4.69) is 10.3 Å². The van der Waals surface area contributed by atoms with E-state index in [-0.39, 0.29) is 11.2 Å². The molecule has 1 aromatic heterocycles. The molecule has 5 nitrogen and oxygen atoms in total. The van der Waals surface area contributed by atoms with Gasteiger partial charge in [0.1, 0.15) is 18.1 Å². The van der Waals surface area contributed by atoms with Crippen LogP contribution in [0, 0.1) is 0 Å². The van der Waals surface area contributed by atoms with Crippen molar-refractivity contribution in [1.82, 2.24) is 4.98 Å². The van der Waals surface area contributed by atoms with E-state index in [0.717, 1.165) is 16.3 Å². The van der Waals surface area contributed by atoms with Gasteiger partial charge in [-0.1, -0.05) is 12.1 Å². The second-order valence-corrected chi connectivity index (χ2v) is 7.48. The molecule has 0 aliphatic rings. The third kappa shape index (κ3) is 5.76. The topological polar surface area (TPSA) is 60.5 Å². The fourth-order valence-corrected chi connectivity index (χ4v) is 3.33. The lowest BCUT2D eigenvalue weighted by atomic mass is 10.3. The summed E-state index contributed by atoms with van der Waals surface area (Å²) in [6.07, 6.45) is 1.73. The molecule has 144 valence electrons. The first-order valence-corrected chi connectivity index (χ1v) is 9.76. The number of pyridine rings is 1. The zero-order valence-corrected chi connectivity index (χ0v) is 16.6. The fourth-order valence-electron chi connectivity index (χ4n) is 2.46. The van der Waals surface area contributed by atoms with E-state index in [9.17, 15) is 4.79 Å². The van der Waals surface area contributed by atoms with Crippen LogP contribution < -0.4 is 14.8 Å². The summed E-state index contributed by atoms with van der Waals surface area (Å²) in [4.78, 5) is 17.8. The van der Waals surface area contributed by atoms with Crippen molar-refractivity contribution in [3.8, 4) is 11.5 Å². The summed E-state index contributed by atoms with van der Waals surface area (Å²) >= 11 is 1.49. The van der Waals surface area contributed by atoms with E-state index >= 15 is 0 Å². The van der Waals surface area contributed by atoms with Gasteiger partial charge in [-0.3, -0.25) is 9.78 Å². The first kappa shape index (κ1) is 19.8. The Morgan fingerprint density at radius 2 is 1.89 bits per heavy atom. The van der Waals surface area contributed by atoms with Crippen molar-refractivity contribution >= 4 is 23.4 Å². The predicted molar refractivity (Wildman–Crippen MR) is 112 cm³/mol. The molecule has 0 fully saturated rings. The molecule has 3 rings (SSSR count). The number of methoxy groups -OCH3 is 1. The third-order valence-corrected chi connectivity index (χ3v) is 5.07. The SMILES string of the molecule is COc1ccc(SC(C)C(=O)Nc2cccc(OCc3ccccn3)c2)cc1. The van der Waals surface area contributed by atoms with Crippen LogP contribution in [0.15, 0.2) is 77.8 Å². The van der Waals surface area contributed by atoms with Crippen molar-refractivity contribution in [2.24, 2.45) is 0 Å². The summed E-state index contributed by atoms with van der Waals surface area (Å²) in [5.74, 6) is 1.41. The van der Waals surface area contributed by atoms with Gasteiger partial charge in [0.15, 0.2) is 0 Å². The highest BCUT2D eigenvalue weighted by Gasteiger charge is 2.15. The van der Waals surface area contributed by atoms with Gasteiger partial charge in [0.05, 0.1) is 18.1 Å². The van der Waals surface area contributed by atoms with Crippen molar-refractivity contribution in [1.29, 1.82) is 0 Å². The van der Waals surface area contributed by atoms with Crippen molar-refractivity contribution in [3.05, 3.63) is 78.6 Å². The van der Waals surface area contributed by atoms with Crippen LogP contribution in [0.3, 0.4) is 0 Å². The van der Waals surface area contributed by atoms with E-state index in [1.165, 1.54) is 11.8 Å². The lowest BCUT2D eigenvalue weighted by Crippen LogP contribution is -2.22. The van der Waals surface area contributed by atoms with Crippen LogP contribution in [-0.4, -0.2) is 23.3 Å². The maximum Gasteiger partial charge on any atom is 0.237 e. The van der Waals surface area contributed by atoms with Gasteiger partial charge in [0.25, 0.3) is 0 Å². The molecule has 2 aromatic carbocycles. The lowest BCUT2D eigenvalue weighted by molar-refractivity contribution is -0.115. The number of ether oxygens (including phenoxy) is 2. The third-order valence-electron chi connectivity index (χ3n) is 3.96. The summed E-state index contributed by atoms with van der Waals surface area (Å²) in [5.41, 5.74) is 1.55. The highest BCUT2D eigenvalue weighted by molar-refractivity contribution is 8.00. The lowest BCUT2D eigenvalue weighted by Gasteiger charge is -2.13. The van der Waals surface area contributed by atoms with Gasteiger partial charge in [0, 0.05) is 22.8 Å². The van der Waals surface area contributed by atoms with Crippen LogP contribution in [-0.2, 0) is 11.4 Å². The number of benzene rings is 2. The molecule has 28 heavy (non-hydrogen) atoms. The van der Waals surface area contributed by atoms with E-state index < -0.39 is 0 Å². The summed E-state index contributed by atoms with van der Waals surface area (Å²) < 4.78 is 10.9. The number of hydrogen-bond donors (Lipinski definition) is 1. The highest BCUT2D eigenvalue weighted by Crippen LogP contribution is 2.26. The molecule has 1 atom stereocenters. The highest BCUT2D eigenvalue weighted by atomic mass is 32.2. The van der Waals surface area contributed by atoms with Crippen molar-refractivity contribution in [2.45, 2.75) is 23.7 Å². The van der Waals surface area contributed by atoms with Gasteiger partial charge < -0.3 is 14.8 Å². The monoisotopic (exact) mass is 394 g/mol. The Kier molecular flexibility index (Phi) is 6.92. The minimum absolute atomic E-state index is 0.0669. The molecule has 0 aliphatic carbocycles. The summed E-state index contributed by atoms with van der Waals surface area (Å²) in [6, 6.07) is 20.7. The van der Waals surface area contributed by atoms with Crippen molar-refractivity contribution < 1.29 is 14.3 Å². The van der Waals surface area contributed by atoms with E-state index in [4.69, 9.17) is 9.47 Å². The van der Waals surface area contributed by atoms with Gasteiger partial charge in [-0.05, 0) is 55.5 Å². The van der Waals surface area contributed by atoms with Gasteiger partial charge in [-0.2, -0.15) is 0 Å². The molecule has 1 unspecified atom stereocenters. The minimum atomic E-state index is -0.244. The van der Waals surface area contributed by atoms with E-state index in [1.54, 1.807) is 13.3 Å². The van der Waals surface area contributed by atoms with Gasteiger partial charge in [-0.15, -0.1) is 11.8 Å². The number of rotatable bonds is 8. The number of anilines is 1. The van der Waals surface area contributed by atoms with Crippen LogP contribution in [0.1, 0.15) is 12.6 Å². The first-order valence-electron chi connectivity index (χ1n) is 8.88. The number of thioether (sulfide) groups is 1. The Balaban J connectivity index is 1.55. The van der Waals surface area contributed by atoms with Crippen molar-refractivity contribution in [3.63, 3.8) is 0 Å². The molecule has 1 heterocycles. The zero-order chi connectivity index (χ0) is 19.8. The van der Waals surface area contributed by atoms with Gasteiger partial charge in [-0.25, -0.2) is 0 Å². The number of nitrogens with zero attached hydrogens (tertiary/aromatic N) is 1. The molecule has 3 aromatic rings. The Labute approximate surface area is 169 Å². The van der Waals surface area contributed by atoms with Gasteiger partial charge >= 0.3 is 0 Å². The number of hydrogen-bond acceptors (Lipinski definition) is 5. The van der Waals surface area contributed by atoms with Crippen LogP contribution in [0.25, 0.3) is 0 Å². The van der Waals surface area contributed by atoms with E-state index in [0.29, 0.717) is 18.0 Å². The zero-order valence-electron chi connectivity index (χ0n) is 15.8. The quantitative estimate of drug-likeness (QED) is 0.557. The fraction of sp³-hybridized carbons (Fsp3) is 0.182. The normalized spacial score (nSPS) is 11.5. The Morgan fingerprint density at radius 1 is 1.07 bits per heavy atom. The van der Waals surface area contributed by atoms with Crippen LogP contribution in [0.2, 0.25) is 0 Å². The molecule has 6 heteroatoms. The van der Waals surface area contributed by atoms with Crippen LogP contribution in [0.5, 0.6) is 11.5 Å². The molecular weight excluding hydrogens is 372 g/mol. The molecule has 0 saturated heterocycles. The second-order valence-electron chi connectivity index (χ2n) is 6.06. The number of amides is 1. The molecule has 1 N–H and O–H groups in total. The number of nitrogens with one attached hydrogen (secondary N) is 1. The summed E-state index contributed by atoms with van der Waals surface area (Å²) in [6.45, 7) is 2.26. The largest absolute Gasteiger partial charge is 0.497 e. The number of carbonyl (C=O) groups is 1. The van der Waals surface area contributed by atoms with Gasteiger partial charge in [0.2, 0.25) is 5.91 Å². The first-order chi connectivity index (χ1) is 13.6. The predicted octanol–water partition coefficient (Wildman–Crippen LogP) is 4.79. The molecule has 0 aliphatic heterocycles. The molecule has 1 amide bonds. The Bertz CT molecular complexity index is 901. The smallest absolute Gasteiger partial charge is 0.237 e. The molecule has 0 bridgehead atoms. The molecule has 0 spiro atoms. The maximum absolute atomic E-state index is 12.5.